The van der Waals surface area contributed by atoms with Crippen molar-refractivity contribution in [2.45, 2.75) is 407 Å². The van der Waals surface area contributed by atoms with Gasteiger partial charge in [0.1, 0.15) is 19.3 Å². The van der Waals surface area contributed by atoms with Crippen molar-refractivity contribution >= 4 is 39.5 Å². The number of carbonyl (C=O) groups is 4. The predicted octanol–water partition coefficient (Wildman–Crippen LogP) is 21.9. The number of unbranched alkanes of at least 4 members (excludes halogenated alkanes) is 44. The first-order valence-corrected chi connectivity index (χ1v) is 42.0. The first-order chi connectivity index (χ1) is 45.4. The lowest BCUT2D eigenvalue weighted by Gasteiger charge is -2.21. The molecule has 0 rings (SSSR count). The van der Waals surface area contributed by atoms with Gasteiger partial charge in [-0.3, -0.25) is 37.3 Å². The fraction of sp³-hybridized carbons (Fsp3) is 0.947. The molecule has 0 radical (unpaired) electrons. The highest BCUT2D eigenvalue weighted by Crippen LogP contribution is 2.45. The Hall–Kier alpha value is -1.94. The maximum absolute atomic E-state index is 13.1. The van der Waals surface area contributed by atoms with Crippen LogP contribution in [-0.4, -0.2) is 96.7 Å². The summed E-state index contributed by atoms with van der Waals surface area (Å²) < 4.78 is 68.5. The smallest absolute Gasteiger partial charge is 0.462 e. The lowest BCUT2D eigenvalue weighted by Crippen LogP contribution is -2.30. The molecule has 94 heavy (non-hydrogen) atoms. The molecule has 0 aromatic heterocycles. The highest BCUT2D eigenvalue weighted by Gasteiger charge is 2.30. The highest BCUT2D eigenvalue weighted by molar-refractivity contribution is 7.47. The van der Waals surface area contributed by atoms with Gasteiger partial charge in [0.15, 0.2) is 12.2 Å². The number of carbonyl (C=O) groups excluding carboxylic acids is 4. The van der Waals surface area contributed by atoms with Crippen molar-refractivity contribution in [2.24, 2.45) is 11.8 Å². The molecule has 0 saturated heterocycles. The number of ether oxygens (including phenoxy) is 4. The van der Waals surface area contributed by atoms with Gasteiger partial charge in [0.05, 0.1) is 26.4 Å². The van der Waals surface area contributed by atoms with E-state index < -0.39 is 97.5 Å². The van der Waals surface area contributed by atoms with E-state index >= 15 is 0 Å². The van der Waals surface area contributed by atoms with Crippen LogP contribution in [0.4, 0.5) is 0 Å². The van der Waals surface area contributed by atoms with Crippen LogP contribution in [-0.2, 0) is 65.4 Å². The van der Waals surface area contributed by atoms with Crippen molar-refractivity contribution in [3.63, 3.8) is 0 Å². The summed E-state index contributed by atoms with van der Waals surface area (Å²) in [5.41, 5.74) is 0. The van der Waals surface area contributed by atoms with Gasteiger partial charge in [0.2, 0.25) is 0 Å². The summed E-state index contributed by atoms with van der Waals surface area (Å²) >= 11 is 0. The molecule has 17 nitrogen and oxygen atoms in total. The Balaban J connectivity index is 5.24. The van der Waals surface area contributed by atoms with Gasteiger partial charge in [-0.15, -0.1) is 0 Å². The minimum atomic E-state index is -4.96. The van der Waals surface area contributed by atoms with Crippen molar-refractivity contribution in [1.82, 2.24) is 0 Å². The summed E-state index contributed by atoms with van der Waals surface area (Å²) in [6.45, 7) is 9.50. The Kier molecular flexibility index (Phi) is 65.5. The third-order valence-corrected chi connectivity index (χ3v) is 19.4. The number of phosphoric acid groups is 2. The van der Waals surface area contributed by atoms with Crippen LogP contribution in [0.1, 0.15) is 388 Å². The fourth-order valence-electron chi connectivity index (χ4n) is 11.5. The molecule has 0 aliphatic heterocycles. The third kappa shape index (κ3) is 68.6. The van der Waals surface area contributed by atoms with Crippen LogP contribution in [0.2, 0.25) is 0 Å². The molecule has 0 fully saturated rings. The Morgan fingerprint density at radius 1 is 0.287 bits per heavy atom. The van der Waals surface area contributed by atoms with Gasteiger partial charge in [0, 0.05) is 25.7 Å². The molecule has 0 aromatic carbocycles. The van der Waals surface area contributed by atoms with Crippen LogP contribution in [0, 0.1) is 11.8 Å². The van der Waals surface area contributed by atoms with Crippen molar-refractivity contribution in [2.75, 3.05) is 39.6 Å². The van der Waals surface area contributed by atoms with Crippen LogP contribution in [0.5, 0.6) is 0 Å². The second-order valence-electron chi connectivity index (χ2n) is 28.0. The number of hydrogen-bond acceptors (Lipinski definition) is 15. The van der Waals surface area contributed by atoms with E-state index in [-0.39, 0.29) is 25.7 Å². The van der Waals surface area contributed by atoms with Crippen LogP contribution >= 0.6 is 15.6 Å². The van der Waals surface area contributed by atoms with Crippen molar-refractivity contribution in [3.8, 4) is 0 Å². The van der Waals surface area contributed by atoms with E-state index in [9.17, 15) is 43.2 Å². The molecule has 0 heterocycles. The van der Waals surface area contributed by atoms with Crippen LogP contribution in [0.15, 0.2) is 0 Å². The Morgan fingerprint density at radius 3 is 0.723 bits per heavy atom. The zero-order chi connectivity index (χ0) is 69.3. The molecular weight excluding hydrogens is 1230 g/mol. The van der Waals surface area contributed by atoms with Crippen molar-refractivity contribution in [3.05, 3.63) is 0 Å². The molecule has 19 heteroatoms. The number of aliphatic hydroxyl groups is 1. The minimum absolute atomic E-state index is 0.105. The van der Waals surface area contributed by atoms with E-state index in [0.717, 1.165) is 102 Å². The van der Waals surface area contributed by atoms with E-state index in [4.69, 9.17) is 37.0 Å². The molecule has 0 aromatic rings. The van der Waals surface area contributed by atoms with E-state index in [2.05, 4.69) is 41.5 Å². The van der Waals surface area contributed by atoms with E-state index in [1.807, 2.05) is 0 Å². The second kappa shape index (κ2) is 66.9. The van der Waals surface area contributed by atoms with E-state index in [0.29, 0.717) is 31.6 Å². The summed E-state index contributed by atoms with van der Waals surface area (Å²) in [5, 5.41) is 10.6. The lowest BCUT2D eigenvalue weighted by atomic mass is 10.0. The standard InChI is InChI=1S/C75H146O17P2/c1-7-9-11-13-15-17-19-21-23-25-27-29-34-38-45-51-57-72(77)85-63-70(91-74(79)59-53-47-39-35-30-28-26-24-22-20-18-16-14-12-10-8-2)65-89-93(81,82)87-61-69(76)62-88-94(83,84)90-66-71(64-86-73(78)58-52-46-42-41-44-50-56-68(5)6)92-75(80)60-54-48-40-36-32-31-33-37-43-49-55-67(3)4/h67-71,76H,7-66H2,1-6H3,(H,81,82)(H,83,84)/t69-,70-,71-/m1/s1. The lowest BCUT2D eigenvalue weighted by molar-refractivity contribution is -0.161. The maximum Gasteiger partial charge on any atom is 0.472 e. The molecule has 0 spiro atoms. The van der Waals surface area contributed by atoms with E-state index in [1.54, 1.807) is 0 Å². The van der Waals surface area contributed by atoms with Crippen LogP contribution in [0.25, 0.3) is 0 Å². The van der Waals surface area contributed by atoms with E-state index in [1.165, 1.54) is 199 Å². The number of hydrogen-bond donors (Lipinski definition) is 3. The van der Waals surface area contributed by atoms with Gasteiger partial charge in [-0.05, 0) is 37.5 Å². The predicted molar refractivity (Wildman–Crippen MR) is 381 cm³/mol. The molecule has 558 valence electrons. The van der Waals surface area contributed by atoms with Gasteiger partial charge < -0.3 is 33.8 Å². The maximum atomic E-state index is 13.1. The average molecular weight is 1380 g/mol. The van der Waals surface area contributed by atoms with Gasteiger partial charge in [-0.1, -0.05) is 337 Å². The minimum Gasteiger partial charge on any atom is -0.462 e. The number of phosphoric ester groups is 2. The first kappa shape index (κ1) is 92.1. The quantitative estimate of drug-likeness (QED) is 0.0222. The molecule has 0 amide bonds. The first-order valence-electron chi connectivity index (χ1n) is 39.0. The number of esters is 4. The fourth-order valence-corrected chi connectivity index (χ4v) is 13.1. The van der Waals surface area contributed by atoms with Gasteiger partial charge in [-0.2, -0.15) is 0 Å². The third-order valence-electron chi connectivity index (χ3n) is 17.5. The molecule has 0 aliphatic rings. The van der Waals surface area contributed by atoms with Crippen LogP contribution < -0.4 is 0 Å². The summed E-state index contributed by atoms with van der Waals surface area (Å²) in [5.74, 6) is -0.686. The Labute approximate surface area is 575 Å². The van der Waals surface area contributed by atoms with Gasteiger partial charge >= 0.3 is 39.5 Å². The molecule has 0 saturated carbocycles. The van der Waals surface area contributed by atoms with Gasteiger partial charge in [0.25, 0.3) is 0 Å². The molecule has 2 unspecified atom stereocenters. The van der Waals surface area contributed by atoms with Gasteiger partial charge in [-0.25, -0.2) is 9.13 Å². The Morgan fingerprint density at radius 2 is 0.489 bits per heavy atom. The molecule has 0 bridgehead atoms. The summed E-state index contributed by atoms with van der Waals surface area (Å²) in [6, 6.07) is 0. The van der Waals surface area contributed by atoms with Crippen molar-refractivity contribution < 1.29 is 80.2 Å². The average Bonchev–Trinajstić information content (AvgIpc) is 1.27. The Bertz CT molecular complexity index is 1820. The largest absolute Gasteiger partial charge is 0.472 e. The summed E-state index contributed by atoms with van der Waals surface area (Å²) in [6.07, 6.45) is 54.2. The zero-order valence-electron chi connectivity index (χ0n) is 61.3. The molecule has 0 aliphatic carbocycles. The SMILES string of the molecule is CCCCCCCCCCCCCCCCCCC(=O)OC[C@H](COP(=O)(O)OC[C@@H](O)COP(=O)(O)OC[C@@H](COC(=O)CCCCCCCCC(C)C)OC(=O)CCCCCCCCCCCCC(C)C)OC(=O)CCCCCCCCCCCCCCCCCC. The summed E-state index contributed by atoms with van der Waals surface area (Å²) in [4.78, 5) is 72.7. The summed E-state index contributed by atoms with van der Waals surface area (Å²) in [7, 11) is -9.91. The molecular formula is C75H146O17P2. The monoisotopic (exact) mass is 1380 g/mol. The molecule has 5 atom stereocenters. The topological polar surface area (TPSA) is 237 Å². The number of aliphatic hydroxyl groups excluding tert-OH is 1. The normalized spacial score (nSPS) is 14.0. The molecule has 3 N–H and O–H groups in total. The second-order valence-corrected chi connectivity index (χ2v) is 30.9. The number of rotatable bonds is 74. The zero-order valence-corrected chi connectivity index (χ0v) is 63.1. The highest BCUT2D eigenvalue weighted by atomic mass is 31.2. The van der Waals surface area contributed by atoms with Crippen molar-refractivity contribution in [1.29, 1.82) is 0 Å². The van der Waals surface area contributed by atoms with Crippen LogP contribution in [0.3, 0.4) is 0 Å².